The topological polar surface area (TPSA) is 69.0 Å². The first-order valence-corrected chi connectivity index (χ1v) is 7.65. The lowest BCUT2D eigenvalue weighted by atomic mass is 10.3. The van der Waals surface area contributed by atoms with Crippen molar-refractivity contribution in [3.63, 3.8) is 0 Å². The van der Waals surface area contributed by atoms with E-state index >= 15 is 0 Å². The van der Waals surface area contributed by atoms with Crippen molar-refractivity contribution in [3.05, 3.63) is 36.2 Å². The highest BCUT2D eigenvalue weighted by atomic mass is 32.2. The molecule has 112 valence electrons. The molecule has 0 fully saturated rings. The van der Waals surface area contributed by atoms with E-state index in [1.165, 1.54) is 11.8 Å². The van der Waals surface area contributed by atoms with Gasteiger partial charge < -0.3 is 14.6 Å². The second-order valence-electron chi connectivity index (χ2n) is 4.27. The van der Waals surface area contributed by atoms with Crippen LogP contribution in [0.25, 0.3) is 0 Å². The molecule has 7 heteroatoms. The van der Waals surface area contributed by atoms with Crippen molar-refractivity contribution in [1.82, 2.24) is 14.8 Å². The molecule has 1 N–H and O–H groups in total. The molecule has 6 nitrogen and oxygen atoms in total. The summed E-state index contributed by atoms with van der Waals surface area (Å²) >= 11 is 1.32. The summed E-state index contributed by atoms with van der Waals surface area (Å²) < 4.78 is 6.76. The number of para-hydroxylation sites is 1. The number of aromatic nitrogens is 3. The van der Waals surface area contributed by atoms with Gasteiger partial charge in [-0.2, -0.15) is 0 Å². The van der Waals surface area contributed by atoms with Gasteiger partial charge in [0.05, 0.1) is 18.9 Å². The summed E-state index contributed by atoms with van der Waals surface area (Å²) in [7, 11) is 1.88. The Hall–Kier alpha value is -2.02. The summed E-state index contributed by atoms with van der Waals surface area (Å²) in [5.41, 5.74) is 1.03. The highest BCUT2D eigenvalue weighted by molar-refractivity contribution is 7.99. The average molecular weight is 306 g/mol. The number of anilines is 1. The zero-order valence-corrected chi connectivity index (χ0v) is 12.9. The van der Waals surface area contributed by atoms with Crippen LogP contribution < -0.4 is 5.32 Å². The number of carbonyl (C=O) groups excluding carboxylic acids is 1. The number of ether oxygens (including phenoxy) is 1. The first kappa shape index (κ1) is 15.4. The fourth-order valence-corrected chi connectivity index (χ4v) is 2.42. The molecule has 0 aliphatic rings. The minimum absolute atomic E-state index is 0.241. The van der Waals surface area contributed by atoms with E-state index in [0.29, 0.717) is 18.3 Å². The molecule has 21 heavy (non-hydrogen) atoms. The number of esters is 1. The van der Waals surface area contributed by atoms with Crippen molar-refractivity contribution in [2.75, 3.05) is 17.7 Å². The van der Waals surface area contributed by atoms with Crippen LogP contribution in [0.1, 0.15) is 12.7 Å². The maximum Gasteiger partial charge on any atom is 0.316 e. The lowest BCUT2D eigenvalue weighted by Gasteiger charge is -2.06. The summed E-state index contributed by atoms with van der Waals surface area (Å²) in [5, 5.41) is 12.2. The van der Waals surface area contributed by atoms with Crippen molar-refractivity contribution in [2.24, 2.45) is 7.05 Å². The van der Waals surface area contributed by atoms with Gasteiger partial charge in [-0.15, -0.1) is 10.2 Å². The predicted octanol–water partition coefficient (Wildman–Crippen LogP) is 2.08. The number of benzene rings is 1. The second kappa shape index (κ2) is 7.68. The first-order valence-electron chi connectivity index (χ1n) is 6.66. The van der Waals surface area contributed by atoms with Crippen molar-refractivity contribution in [1.29, 1.82) is 0 Å². The van der Waals surface area contributed by atoms with Crippen LogP contribution in [0.5, 0.6) is 0 Å². The number of rotatable bonds is 7. The van der Waals surface area contributed by atoms with Crippen LogP contribution in [0, 0.1) is 0 Å². The van der Waals surface area contributed by atoms with Crippen LogP contribution in [0.3, 0.4) is 0 Å². The van der Waals surface area contributed by atoms with E-state index in [9.17, 15) is 4.79 Å². The summed E-state index contributed by atoms with van der Waals surface area (Å²) in [6.45, 7) is 2.76. The Morgan fingerprint density at radius 2 is 2.10 bits per heavy atom. The van der Waals surface area contributed by atoms with Gasteiger partial charge in [-0.05, 0) is 19.1 Å². The molecule has 0 aliphatic carbocycles. The fraction of sp³-hybridized carbons (Fsp3) is 0.357. The van der Waals surface area contributed by atoms with Crippen molar-refractivity contribution < 1.29 is 9.53 Å². The van der Waals surface area contributed by atoms with E-state index in [1.807, 2.05) is 41.9 Å². The average Bonchev–Trinajstić information content (AvgIpc) is 2.85. The lowest BCUT2D eigenvalue weighted by molar-refractivity contribution is -0.139. The summed E-state index contributed by atoms with van der Waals surface area (Å²) in [6, 6.07) is 9.90. The molecule has 1 heterocycles. The Morgan fingerprint density at radius 3 is 2.81 bits per heavy atom. The Kier molecular flexibility index (Phi) is 5.62. The van der Waals surface area contributed by atoms with Crippen LogP contribution in [-0.4, -0.2) is 33.1 Å². The van der Waals surface area contributed by atoms with Gasteiger partial charge in [0.1, 0.15) is 0 Å². The molecule has 0 atom stereocenters. The highest BCUT2D eigenvalue weighted by Crippen LogP contribution is 2.16. The second-order valence-corrected chi connectivity index (χ2v) is 5.21. The van der Waals surface area contributed by atoms with Gasteiger partial charge in [0.15, 0.2) is 11.0 Å². The van der Waals surface area contributed by atoms with Crippen LogP contribution in [-0.2, 0) is 23.1 Å². The van der Waals surface area contributed by atoms with Gasteiger partial charge >= 0.3 is 5.97 Å². The van der Waals surface area contributed by atoms with Gasteiger partial charge in [0, 0.05) is 12.7 Å². The summed E-state index contributed by atoms with van der Waals surface area (Å²) in [5.74, 6) is 0.811. The molecule has 1 aromatic heterocycles. The summed E-state index contributed by atoms with van der Waals surface area (Å²) in [4.78, 5) is 11.3. The van der Waals surface area contributed by atoms with Crippen LogP contribution in [0.15, 0.2) is 35.5 Å². The first-order chi connectivity index (χ1) is 10.2. The van der Waals surface area contributed by atoms with E-state index in [-0.39, 0.29) is 11.7 Å². The number of nitrogens with one attached hydrogen (secondary N) is 1. The SMILES string of the molecule is CCOC(=O)CSc1nnc(CNc2ccccc2)n1C. The largest absolute Gasteiger partial charge is 0.465 e. The normalized spacial score (nSPS) is 10.4. The fourth-order valence-electron chi connectivity index (χ4n) is 1.69. The lowest BCUT2D eigenvalue weighted by Crippen LogP contribution is -2.09. The number of carbonyl (C=O) groups is 1. The monoisotopic (exact) mass is 306 g/mol. The Balaban J connectivity index is 1.89. The molecule has 0 saturated heterocycles. The third-order valence-electron chi connectivity index (χ3n) is 2.77. The third kappa shape index (κ3) is 4.49. The Morgan fingerprint density at radius 1 is 1.33 bits per heavy atom. The number of nitrogens with zero attached hydrogens (tertiary/aromatic N) is 3. The molecule has 0 bridgehead atoms. The summed E-state index contributed by atoms with van der Waals surface area (Å²) in [6.07, 6.45) is 0. The van der Waals surface area contributed by atoms with Gasteiger partial charge in [-0.25, -0.2) is 0 Å². The third-order valence-corrected chi connectivity index (χ3v) is 3.77. The standard InChI is InChI=1S/C14H18N4O2S/c1-3-20-13(19)10-21-14-17-16-12(18(14)2)9-15-11-7-5-4-6-8-11/h4-8,15H,3,9-10H2,1-2H3. The number of hydrogen-bond donors (Lipinski definition) is 1. The number of thioether (sulfide) groups is 1. The van der Waals surface area contributed by atoms with Crippen LogP contribution >= 0.6 is 11.8 Å². The quantitative estimate of drug-likeness (QED) is 0.624. The van der Waals surface area contributed by atoms with E-state index in [2.05, 4.69) is 15.5 Å². The van der Waals surface area contributed by atoms with Gasteiger partial charge in [-0.3, -0.25) is 4.79 Å². The highest BCUT2D eigenvalue weighted by Gasteiger charge is 2.11. The molecule has 1 aromatic carbocycles. The molecule has 0 amide bonds. The van der Waals surface area contributed by atoms with E-state index in [4.69, 9.17) is 4.74 Å². The molecule has 0 unspecified atom stereocenters. The van der Waals surface area contributed by atoms with Crippen molar-refractivity contribution in [2.45, 2.75) is 18.6 Å². The predicted molar refractivity (Wildman–Crippen MR) is 82.1 cm³/mol. The van der Waals surface area contributed by atoms with E-state index < -0.39 is 0 Å². The molecule has 2 aromatic rings. The van der Waals surface area contributed by atoms with Gasteiger partial charge in [0.25, 0.3) is 0 Å². The van der Waals surface area contributed by atoms with Crippen molar-refractivity contribution in [3.8, 4) is 0 Å². The zero-order valence-electron chi connectivity index (χ0n) is 12.1. The molecule has 0 radical (unpaired) electrons. The van der Waals surface area contributed by atoms with Gasteiger partial charge in [0.2, 0.25) is 0 Å². The minimum atomic E-state index is -0.241. The maximum atomic E-state index is 11.3. The molecule has 0 saturated carbocycles. The van der Waals surface area contributed by atoms with Crippen molar-refractivity contribution >= 4 is 23.4 Å². The smallest absolute Gasteiger partial charge is 0.316 e. The molecular formula is C14H18N4O2S. The Labute approximate surface area is 127 Å². The Bertz CT molecular complexity index is 586. The van der Waals surface area contributed by atoms with E-state index in [1.54, 1.807) is 6.92 Å². The van der Waals surface area contributed by atoms with Crippen LogP contribution in [0.4, 0.5) is 5.69 Å². The molecule has 0 aliphatic heterocycles. The zero-order chi connectivity index (χ0) is 15.1. The van der Waals surface area contributed by atoms with Crippen LogP contribution in [0.2, 0.25) is 0 Å². The number of hydrogen-bond acceptors (Lipinski definition) is 6. The van der Waals surface area contributed by atoms with Gasteiger partial charge in [-0.1, -0.05) is 30.0 Å². The van der Waals surface area contributed by atoms with E-state index in [0.717, 1.165) is 11.5 Å². The molecule has 0 spiro atoms. The maximum absolute atomic E-state index is 11.3. The molecule has 2 rings (SSSR count). The molecular weight excluding hydrogens is 288 g/mol. The minimum Gasteiger partial charge on any atom is -0.465 e.